The van der Waals surface area contributed by atoms with Crippen LogP contribution in [0.2, 0.25) is 0 Å². The summed E-state index contributed by atoms with van der Waals surface area (Å²) in [5, 5.41) is 33.3. The third kappa shape index (κ3) is 3.32. The molecule has 0 atom stereocenters. The van der Waals surface area contributed by atoms with Crippen LogP contribution in [0.3, 0.4) is 0 Å². The van der Waals surface area contributed by atoms with E-state index < -0.39 is 17.2 Å². The third-order valence-electron chi connectivity index (χ3n) is 4.23. The molecule has 1 heterocycles. The van der Waals surface area contributed by atoms with E-state index >= 15 is 0 Å². The molecular formula is C21H17N3O3. The molecule has 0 aliphatic heterocycles. The number of aromatic nitrogens is 2. The van der Waals surface area contributed by atoms with Gasteiger partial charge in [0.05, 0.1) is 5.52 Å². The summed E-state index contributed by atoms with van der Waals surface area (Å²) in [5.41, 5.74) is 2.24. The molecular weight excluding hydrogens is 342 g/mol. The Labute approximate surface area is 155 Å². The van der Waals surface area contributed by atoms with E-state index in [1.54, 1.807) is 0 Å². The second-order valence-corrected chi connectivity index (χ2v) is 6.12. The van der Waals surface area contributed by atoms with Crippen LogP contribution in [0.25, 0.3) is 22.3 Å². The number of aromatic hydroxyl groups is 3. The number of nitrogens with one attached hydrogen (secondary N) is 1. The molecule has 0 saturated carbocycles. The van der Waals surface area contributed by atoms with Gasteiger partial charge in [0.2, 0.25) is 0 Å². The number of phenolic OH excluding ortho intramolecular Hbond substituents is 3. The van der Waals surface area contributed by atoms with Gasteiger partial charge in [0.1, 0.15) is 5.82 Å². The Bertz CT molecular complexity index is 1090. The predicted octanol–water partition coefficient (Wildman–Crippen LogP) is 4.03. The van der Waals surface area contributed by atoms with E-state index in [4.69, 9.17) is 0 Å². The zero-order chi connectivity index (χ0) is 18.8. The molecule has 1 aromatic heterocycles. The van der Waals surface area contributed by atoms with E-state index in [0.29, 0.717) is 23.8 Å². The summed E-state index contributed by atoms with van der Waals surface area (Å²) in [5.74, 6) is -0.454. The summed E-state index contributed by atoms with van der Waals surface area (Å²) in [6, 6.07) is 20.2. The van der Waals surface area contributed by atoms with E-state index in [9.17, 15) is 15.3 Å². The monoisotopic (exact) mass is 359 g/mol. The number of benzene rings is 3. The summed E-state index contributed by atoms with van der Waals surface area (Å²) >= 11 is 0. The molecule has 4 N–H and O–H groups in total. The SMILES string of the molecule is Oc1cc(-c2nc(NCc3ccccc3)c3ccccc3n2)cc(O)c1O. The molecule has 0 fully saturated rings. The fraction of sp³-hybridized carbons (Fsp3) is 0.0476. The van der Waals surface area contributed by atoms with Gasteiger partial charge in [-0.15, -0.1) is 0 Å². The number of nitrogens with zero attached hydrogens (tertiary/aromatic N) is 2. The van der Waals surface area contributed by atoms with Crippen molar-refractivity contribution in [3.63, 3.8) is 0 Å². The van der Waals surface area contributed by atoms with Crippen molar-refractivity contribution >= 4 is 16.7 Å². The lowest BCUT2D eigenvalue weighted by Gasteiger charge is -2.12. The van der Waals surface area contributed by atoms with Crippen molar-refractivity contribution in [3.05, 3.63) is 72.3 Å². The van der Waals surface area contributed by atoms with Gasteiger partial charge in [-0.3, -0.25) is 0 Å². The summed E-state index contributed by atoms with van der Waals surface area (Å²) in [7, 11) is 0. The highest BCUT2D eigenvalue weighted by atomic mass is 16.3. The first kappa shape index (κ1) is 16.7. The van der Waals surface area contributed by atoms with Crippen molar-refractivity contribution in [2.75, 3.05) is 5.32 Å². The van der Waals surface area contributed by atoms with Crippen molar-refractivity contribution in [1.82, 2.24) is 9.97 Å². The van der Waals surface area contributed by atoms with Gasteiger partial charge in [-0.2, -0.15) is 0 Å². The quantitative estimate of drug-likeness (QED) is 0.411. The Kier molecular flexibility index (Phi) is 4.22. The number of phenols is 3. The molecule has 4 aromatic rings. The molecule has 0 aliphatic rings. The molecule has 0 spiro atoms. The number of hydrogen-bond donors (Lipinski definition) is 4. The number of para-hydroxylation sites is 1. The van der Waals surface area contributed by atoms with E-state index in [2.05, 4.69) is 15.3 Å². The van der Waals surface area contributed by atoms with Crippen molar-refractivity contribution in [1.29, 1.82) is 0 Å². The molecule has 6 heteroatoms. The summed E-state index contributed by atoms with van der Waals surface area (Å²) in [6.07, 6.45) is 0. The first-order valence-electron chi connectivity index (χ1n) is 8.42. The molecule has 6 nitrogen and oxygen atoms in total. The van der Waals surface area contributed by atoms with Gasteiger partial charge in [0.25, 0.3) is 0 Å². The van der Waals surface area contributed by atoms with Crippen LogP contribution in [0.5, 0.6) is 17.2 Å². The maximum atomic E-state index is 9.80. The van der Waals surface area contributed by atoms with E-state index in [1.807, 2.05) is 54.6 Å². The molecule has 0 radical (unpaired) electrons. The van der Waals surface area contributed by atoms with E-state index in [1.165, 1.54) is 12.1 Å². The van der Waals surface area contributed by atoms with Gasteiger partial charge in [0, 0.05) is 17.5 Å². The minimum absolute atomic E-state index is 0.329. The standard InChI is InChI=1S/C21H17N3O3/c25-17-10-14(11-18(26)19(17)27)20-23-16-9-5-4-8-15(16)21(24-20)22-12-13-6-2-1-3-7-13/h1-11,25-27H,12H2,(H,22,23,24). The van der Waals surface area contributed by atoms with Crippen molar-refractivity contribution in [2.24, 2.45) is 0 Å². The normalized spacial score (nSPS) is 10.8. The second-order valence-electron chi connectivity index (χ2n) is 6.12. The first-order valence-corrected chi connectivity index (χ1v) is 8.42. The van der Waals surface area contributed by atoms with Crippen LogP contribution < -0.4 is 5.32 Å². The molecule has 3 aromatic carbocycles. The van der Waals surface area contributed by atoms with Crippen LogP contribution >= 0.6 is 0 Å². The molecule has 134 valence electrons. The van der Waals surface area contributed by atoms with Crippen LogP contribution in [0.1, 0.15) is 5.56 Å². The topological polar surface area (TPSA) is 98.5 Å². The number of anilines is 1. The smallest absolute Gasteiger partial charge is 0.200 e. The van der Waals surface area contributed by atoms with Crippen LogP contribution in [0.15, 0.2) is 66.7 Å². The average molecular weight is 359 g/mol. The molecule has 0 aliphatic carbocycles. The summed E-state index contributed by atoms with van der Waals surface area (Å²) in [6.45, 7) is 0.591. The molecule has 0 bridgehead atoms. The Morgan fingerprint density at radius 3 is 2.19 bits per heavy atom. The van der Waals surface area contributed by atoms with Crippen LogP contribution in [0.4, 0.5) is 5.82 Å². The lowest BCUT2D eigenvalue weighted by atomic mass is 10.1. The fourth-order valence-corrected chi connectivity index (χ4v) is 2.86. The van der Waals surface area contributed by atoms with Crippen LogP contribution in [-0.2, 0) is 6.54 Å². The fourth-order valence-electron chi connectivity index (χ4n) is 2.86. The van der Waals surface area contributed by atoms with Crippen LogP contribution in [0, 0.1) is 0 Å². The summed E-state index contributed by atoms with van der Waals surface area (Å²) < 4.78 is 0. The highest BCUT2D eigenvalue weighted by Gasteiger charge is 2.14. The van der Waals surface area contributed by atoms with Gasteiger partial charge in [-0.1, -0.05) is 42.5 Å². The minimum Gasteiger partial charge on any atom is -0.504 e. The van der Waals surface area contributed by atoms with E-state index in [0.717, 1.165) is 16.5 Å². The van der Waals surface area contributed by atoms with Crippen molar-refractivity contribution < 1.29 is 15.3 Å². The lowest BCUT2D eigenvalue weighted by molar-refractivity contribution is 0.368. The van der Waals surface area contributed by atoms with Crippen molar-refractivity contribution in [2.45, 2.75) is 6.54 Å². The summed E-state index contributed by atoms with van der Waals surface area (Å²) in [4.78, 5) is 9.09. The largest absolute Gasteiger partial charge is 0.504 e. The Morgan fingerprint density at radius 1 is 0.778 bits per heavy atom. The van der Waals surface area contributed by atoms with Gasteiger partial charge >= 0.3 is 0 Å². The number of rotatable bonds is 4. The lowest BCUT2D eigenvalue weighted by Crippen LogP contribution is -2.04. The van der Waals surface area contributed by atoms with Gasteiger partial charge in [0.15, 0.2) is 23.1 Å². The highest BCUT2D eigenvalue weighted by Crippen LogP contribution is 2.38. The average Bonchev–Trinajstić information content (AvgIpc) is 2.70. The Balaban J connectivity index is 1.79. The minimum atomic E-state index is -0.568. The Hall–Kier alpha value is -3.80. The van der Waals surface area contributed by atoms with Crippen molar-refractivity contribution in [3.8, 4) is 28.6 Å². The first-order chi connectivity index (χ1) is 13.1. The maximum absolute atomic E-state index is 9.80. The molecule has 27 heavy (non-hydrogen) atoms. The molecule has 0 saturated heterocycles. The number of fused-ring (bicyclic) bond motifs is 1. The molecule has 4 rings (SSSR count). The van der Waals surface area contributed by atoms with Gasteiger partial charge in [-0.05, 0) is 29.8 Å². The van der Waals surface area contributed by atoms with Crippen LogP contribution in [-0.4, -0.2) is 25.3 Å². The third-order valence-corrected chi connectivity index (χ3v) is 4.23. The zero-order valence-electron chi connectivity index (χ0n) is 14.3. The maximum Gasteiger partial charge on any atom is 0.200 e. The zero-order valence-corrected chi connectivity index (χ0v) is 14.3. The van der Waals surface area contributed by atoms with Gasteiger partial charge in [-0.25, -0.2) is 9.97 Å². The van der Waals surface area contributed by atoms with E-state index in [-0.39, 0.29) is 0 Å². The predicted molar refractivity (Wildman–Crippen MR) is 104 cm³/mol. The Morgan fingerprint density at radius 2 is 1.44 bits per heavy atom. The molecule has 0 amide bonds. The van der Waals surface area contributed by atoms with Gasteiger partial charge < -0.3 is 20.6 Å². The highest BCUT2D eigenvalue weighted by molar-refractivity contribution is 5.90. The number of hydrogen-bond acceptors (Lipinski definition) is 6. The molecule has 0 unspecified atom stereocenters. The second kappa shape index (κ2) is 6.84.